The van der Waals surface area contributed by atoms with Crippen molar-refractivity contribution in [3.05, 3.63) is 54.4 Å². The number of hydrogen-bond acceptors (Lipinski definition) is 5. The number of nitrogens with zero attached hydrogens (tertiary/aromatic N) is 3. The predicted octanol–water partition coefficient (Wildman–Crippen LogP) is 2.51. The number of β-amino-alcohol motifs (C(OH)–C–C–N with tert-alkyl or cyclic N) is 1. The quantitative estimate of drug-likeness (QED) is 0.786. The van der Waals surface area contributed by atoms with E-state index in [2.05, 4.69) is 9.97 Å². The molecule has 26 heavy (non-hydrogen) atoms. The molecule has 0 unspecified atom stereocenters. The normalized spacial score (nSPS) is 16.8. The van der Waals surface area contributed by atoms with Gasteiger partial charge in [-0.2, -0.15) is 0 Å². The van der Waals surface area contributed by atoms with Gasteiger partial charge in [-0.25, -0.2) is 9.97 Å². The maximum Gasteiger partial charge on any atom is 0.316 e. The zero-order valence-corrected chi connectivity index (χ0v) is 14.4. The first-order valence-corrected chi connectivity index (χ1v) is 8.52. The highest BCUT2D eigenvalue weighted by Crippen LogP contribution is 2.29. The minimum Gasteiger partial charge on any atom is -0.467 e. The summed E-state index contributed by atoms with van der Waals surface area (Å²) in [6.45, 7) is 1.00. The average Bonchev–Trinajstić information content (AvgIpc) is 3.13. The molecular weight excluding hydrogens is 330 g/mol. The van der Waals surface area contributed by atoms with Crippen LogP contribution in [0.15, 0.2) is 48.8 Å². The lowest BCUT2D eigenvalue weighted by atomic mass is 9.98. The molecule has 4 rings (SSSR count). The maximum absolute atomic E-state index is 12.6. The van der Waals surface area contributed by atoms with Crippen molar-refractivity contribution in [2.75, 3.05) is 20.2 Å². The Labute approximate surface area is 151 Å². The first-order chi connectivity index (χ1) is 12.7. The number of aliphatic hydroxyl groups excluding tert-OH is 1. The first kappa shape index (κ1) is 16.5. The fourth-order valence-electron chi connectivity index (χ4n) is 3.34. The zero-order valence-electron chi connectivity index (χ0n) is 14.4. The summed E-state index contributed by atoms with van der Waals surface area (Å²) >= 11 is 0. The first-order valence-electron chi connectivity index (χ1n) is 8.52. The lowest BCUT2D eigenvalue weighted by Crippen LogP contribution is -2.29. The lowest BCUT2D eigenvalue weighted by molar-refractivity contribution is 0.0765. The Bertz CT molecular complexity index is 956. The summed E-state index contributed by atoms with van der Waals surface area (Å²) in [6, 6.07) is 12.0. The summed E-state index contributed by atoms with van der Waals surface area (Å²) < 4.78 is 5.01. The van der Waals surface area contributed by atoms with Crippen LogP contribution in [0.5, 0.6) is 6.01 Å². The van der Waals surface area contributed by atoms with Crippen molar-refractivity contribution in [1.82, 2.24) is 14.9 Å². The summed E-state index contributed by atoms with van der Waals surface area (Å²) in [5, 5.41) is 11.7. The summed E-state index contributed by atoms with van der Waals surface area (Å²) in [7, 11) is 1.53. The molecule has 1 aliphatic rings. The number of ether oxygens (including phenoxy) is 1. The lowest BCUT2D eigenvalue weighted by Gasteiger charge is -2.16. The number of amides is 1. The van der Waals surface area contributed by atoms with Crippen molar-refractivity contribution in [3.8, 4) is 17.1 Å². The molecule has 1 saturated heterocycles. The number of aromatic nitrogens is 2. The van der Waals surface area contributed by atoms with Gasteiger partial charge in [0.05, 0.1) is 13.2 Å². The Balaban J connectivity index is 1.70. The summed E-state index contributed by atoms with van der Waals surface area (Å²) in [4.78, 5) is 22.7. The molecule has 1 amide bonds. The van der Waals surface area contributed by atoms with E-state index in [9.17, 15) is 9.90 Å². The van der Waals surface area contributed by atoms with E-state index in [1.807, 2.05) is 36.4 Å². The Kier molecular flexibility index (Phi) is 4.26. The second kappa shape index (κ2) is 6.72. The Morgan fingerprint density at radius 2 is 2.04 bits per heavy atom. The second-order valence-corrected chi connectivity index (χ2v) is 6.39. The number of benzene rings is 2. The highest BCUT2D eigenvalue weighted by Gasteiger charge is 2.25. The van der Waals surface area contributed by atoms with E-state index < -0.39 is 6.10 Å². The van der Waals surface area contributed by atoms with Gasteiger partial charge in [0, 0.05) is 36.6 Å². The van der Waals surface area contributed by atoms with E-state index in [1.165, 1.54) is 7.11 Å². The zero-order chi connectivity index (χ0) is 18.1. The van der Waals surface area contributed by atoms with Crippen LogP contribution in [0.2, 0.25) is 0 Å². The molecule has 2 heterocycles. The number of carbonyl (C=O) groups is 1. The van der Waals surface area contributed by atoms with Crippen LogP contribution in [0.1, 0.15) is 16.8 Å². The summed E-state index contributed by atoms with van der Waals surface area (Å²) in [5.41, 5.74) is 2.52. The smallest absolute Gasteiger partial charge is 0.316 e. The van der Waals surface area contributed by atoms with E-state index in [1.54, 1.807) is 17.3 Å². The molecule has 0 radical (unpaired) electrons. The van der Waals surface area contributed by atoms with Gasteiger partial charge < -0.3 is 14.7 Å². The molecular formula is C20H19N3O3. The van der Waals surface area contributed by atoms with E-state index >= 15 is 0 Å². The largest absolute Gasteiger partial charge is 0.467 e. The molecule has 1 N–H and O–H groups in total. The van der Waals surface area contributed by atoms with Crippen LogP contribution in [0, 0.1) is 0 Å². The highest BCUT2D eigenvalue weighted by molar-refractivity contribution is 6.02. The van der Waals surface area contributed by atoms with Crippen LogP contribution in [0.3, 0.4) is 0 Å². The van der Waals surface area contributed by atoms with E-state index in [4.69, 9.17) is 4.74 Å². The standard InChI is InChI=1S/C20H19N3O3/c1-26-20-21-10-15(11-22-20)17-4-2-3-13-9-14(5-6-18(13)17)19(25)23-8-7-16(24)12-23/h2-6,9-11,16,24H,7-8,12H2,1H3/t16-/m0/s1. The third-order valence-corrected chi connectivity index (χ3v) is 4.70. The molecule has 132 valence electrons. The van der Waals surface area contributed by atoms with Crippen molar-refractivity contribution >= 4 is 16.7 Å². The van der Waals surface area contributed by atoms with Crippen LogP contribution >= 0.6 is 0 Å². The van der Waals surface area contributed by atoms with Crippen LogP contribution in [0.25, 0.3) is 21.9 Å². The van der Waals surface area contributed by atoms with E-state index in [0.717, 1.165) is 21.9 Å². The molecule has 0 spiro atoms. The summed E-state index contributed by atoms with van der Waals surface area (Å²) in [6.07, 6.45) is 3.68. The van der Waals surface area contributed by atoms with Crippen LogP contribution in [-0.4, -0.2) is 52.2 Å². The molecule has 0 saturated carbocycles. The van der Waals surface area contributed by atoms with Gasteiger partial charge in [-0.3, -0.25) is 4.79 Å². The molecule has 3 aromatic rings. The fraction of sp³-hybridized carbons (Fsp3) is 0.250. The molecule has 1 aromatic heterocycles. The molecule has 2 aromatic carbocycles. The van der Waals surface area contributed by atoms with Crippen molar-refractivity contribution < 1.29 is 14.6 Å². The third-order valence-electron chi connectivity index (χ3n) is 4.70. The monoisotopic (exact) mass is 349 g/mol. The highest BCUT2D eigenvalue weighted by atomic mass is 16.5. The summed E-state index contributed by atoms with van der Waals surface area (Å²) in [5.74, 6) is -0.0402. The van der Waals surface area contributed by atoms with Crippen LogP contribution in [-0.2, 0) is 0 Å². The number of hydrogen-bond donors (Lipinski definition) is 1. The Morgan fingerprint density at radius 1 is 1.23 bits per heavy atom. The number of carbonyl (C=O) groups excluding carboxylic acids is 1. The van der Waals surface area contributed by atoms with Gasteiger partial charge in [-0.1, -0.05) is 24.3 Å². The molecule has 1 fully saturated rings. The average molecular weight is 349 g/mol. The third kappa shape index (κ3) is 2.99. The van der Waals surface area contributed by atoms with Crippen LogP contribution < -0.4 is 4.74 Å². The van der Waals surface area contributed by atoms with Gasteiger partial charge in [0.1, 0.15) is 0 Å². The van der Waals surface area contributed by atoms with Gasteiger partial charge in [-0.05, 0) is 34.9 Å². The van der Waals surface area contributed by atoms with E-state index in [0.29, 0.717) is 31.1 Å². The minimum absolute atomic E-state index is 0.0402. The molecule has 6 heteroatoms. The van der Waals surface area contributed by atoms with Crippen molar-refractivity contribution in [2.45, 2.75) is 12.5 Å². The second-order valence-electron chi connectivity index (χ2n) is 6.39. The molecule has 0 aliphatic carbocycles. The minimum atomic E-state index is -0.416. The van der Waals surface area contributed by atoms with E-state index in [-0.39, 0.29) is 5.91 Å². The van der Waals surface area contributed by atoms with Crippen molar-refractivity contribution in [2.24, 2.45) is 0 Å². The van der Waals surface area contributed by atoms with Crippen molar-refractivity contribution in [3.63, 3.8) is 0 Å². The Morgan fingerprint density at radius 3 is 2.73 bits per heavy atom. The van der Waals surface area contributed by atoms with Gasteiger partial charge >= 0.3 is 6.01 Å². The van der Waals surface area contributed by atoms with Crippen molar-refractivity contribution in [1.29, 1.82) is 0 Å². The van der Waals surface area contributed by atoms with Gasteiger partial charge in [0.2, 0.25) is 0 Å². The number of likely N-dealkylation sites (tertiary alicyclic amines) is 1. The number of fused-ring (bicyclic) bond motifs is 1. The molecule has 1 atom stereocenters. The van der Waals surface area contributed by atoms with Crippen LogP contribution in [0.4, 0.5) is 0 Å². The molecule has 1 aliphatic heterocycles. The number of methoxy groups -OCH3 is 1. The molecule has 0 bridgehead atoms. The number of rotatable bonds is 3. The maximum atomic E-state index is 12.6. The predicted molar refractivity (Wildman–Crippen MR) is 98.1 cm³/mol. The fourth-order valence-corrected chi connectivity index (χ4v) is 3.34. The van der Waals surface area contributed by atoms with Gasteiger partial charge in [0.25, 0.3) is 5.91 Å². The molecule has 6 nitrogen and oxygen atoms in total. The van der Waals surface area contributed by atoms with Gasteiger partial charge in [0.15, 0.2) is 0 Å². The number of aliphatic hydroxyl groups is 1. The van der Waals surface area contributed by atoms with Gasteiger partial charge in [-0.15, -0.1) is 0 Å². The SMILES string of the molecule is COc1ncc(-c2cccc3cc(C(=O)N4CC[C@H](O)C4)ccc23)cn1. The Hall–Kier alpha value is -2.99. The topological polar surface area (TPSA) is 75.5 Å².